The summed E-state index contributed by atoms with van der Waals surface area (Å²) in [5, 5.41) is 10.0. The van der Waals surface area contributed by atoms with E-state index in [1.165, 1.54) is 4.57 Å². The number of aromatic amines is 1. The van der Waals surface area contributed by atoms with Crippen molar-refractivity contribution >= 4 is 18.3 Å². The van der Waals surface area contributed by atoms with Gasteiger partial charge in [-0.1, -0.05) is 32.4 Å². The van der Waals surface area contributed by atoms with Gasteiger partial charge in [0.2, 0.25) is 5.88 Å². The number of hydrogen-bond acceptors (Lipinski definition) is 3. The SMILES string of the molecule is C=CCn1c(O)c(C=CC(C)CC)c(=O)[nH]c1=S. The van der Waals surface area contributed by atoms with Gasteiger partial charge in [-0.15, -0.1) is 6.58 Å². The van der Waals surface area contributed by atoms with Crippen LogP contribution in [0.25, 0.3) is 6.08 Å². The van der Waals surface area contributed by atoms with Crippen LogP contribution in [-0.4, -0.2) is 14.7 Å². The standard InChI is InChI=1S/C13H18N2O2S/c1-4-8-15-12(17)10(7-6-9(3)5-2)11(16)14-13(15)18/h4,6-7,9,17H,1,5,8H2,2-3H3,(H,14,16,18). The number of nitrogens with one attached hydrogen (secondary N) is 1. The van der Waals surface area contributed by atoms with E-state index in [1.807, 2.05) is 13.0 Å². The summed E-state index contributed by atoms with van der Waals surface area (Å²) < 4.78 is 1.62. The summed E-state index contributed by atoms with van der Waals surface area (Å²) in [6.45, 7) is 8.04. The third-order valence-corrected chi connectivity index (χ3v) is 3.08. The number of aromatic hydroxyl groups is 1. The molecule has 1 rings (SSSR count). The minimum atomic E-state index is -0.377. The Morgan fingerprint density at radius 3 is 2.83 bits per heavy atom. The molecule has 0 bridgehead atoms. The maximum atomic E-state index is 11.7. The van der Waals surface area contributed by atoms with Crippen molar-refractivity contribution < 1.29 is 5.11 Å². The average molecular weight is 266 g/mol. The number of nitrogens with zero attached hydrogens (tertiary/aromatic N) is 1. The van der Waals surface area contributed by atoms with Gasteiger partial charge in [-0.25, -0.2) is 0 Å². The Morgan fingerprint density at radius 1 is 1.61 bits per heavy atom. The molecular formula is C13H18N2O2S. The molecule has 98 valence electrons. The Morgan fingerprint density at radius 2 is 2.28 bits per heavy atom. The third kappa shape index (κ3) is 3.20. The van der Waals surface area contributed by atoms with E-state index in [4.69, 9.17) is 12.2 Å². The molecule has 1 aromatic heterocycles. The van der Waals surface area contributed by atoms with Gasteiger partial charge in [0.25, 0.3) is 5.56 Å². The molecule has 0 aliphatic rings. The Bertz CT molecular complexity index is 569. The summed E-state index contributed by atoms with van der Waals surface area (Å²) >= 11 is 4.99. The topological polar surface area (TPSA) is 58.0 Å². The average Bonchev–Trinajstić information content (AvgIpc) is 2.33. The second-order valence-corrected chi connectivity index (χ2v) is 4.53. The van der Waals surface area contributed by atoms with Crippen molar-refractivity contribution in [3.05, 3.63) is 39.4 Å². The molecule has 1 atom stereocenters. The summed E-state index contributed by atoms with van der Waals surface area (Å²) in [7, 11) is 0. The van der Waals surface area contributed by atoms with Crippen LogP contribution in [-0.2, 0) is 6.54 Å². The summed E-state index contributed by atoms with van der Waals surface area (Å²) in [5.74, 6) is 0.225. The Hall–Kier alpha value is -1.62. The summed E-state index contributed by atoms with van der Waals surface area (Å²) in [6.07, 6.45) is 6.11. The van der Waals surface area contributed by atoms with Crippen molar-refractivity contribution in [1.29, 1.82) is 0 Å². The van der Waals surface area contributed by atoms with Crippen LogP contribution >= 0.6 is 12.2 Å². The first kappa shape index (κ1) is 14.4. The van der Waals surface area contributed by atoms with Gasteiger partial charge in [-0.05, 0) is 24.2 Å². The molecule has 1 unspecified atom stereocenters. The van der Waals surface area contributed by atoms with Crippen molar-refractivity contribution in [3.8, 4) is 5.88 Å². The summed E-state index contributed by atoms with van der Waals surface area (Å²) in [4.78, 5) is 14.3. The molecule has 0 radical (unpaired) electrons. The molecule has 0 spiro atoms. The lowest BCUT2D eigenvalue weighted by molar-refractivity contribution is 0.412. The molecule has 0 aliphatic carbocycles. The minimum Gasteiger partial charge on any atom is -0.494 e. The molecule has 0 saturated heterocycles. The van der Waals surface area contributed by atoms with E-state index >= 15 is 0 Å². The third-order valence-electron chi connectivity index (χ3n) is 2.75. The molecule has 0 aromatic carbocycles. The van der Waals surface area contributed by atoms with Gasteiger partial charge in [-0.3, -0.25) is 14.3 Å². The number of aromatic nitrogens is 2. The van der Waals surface area contributed by atoms with Gasteiger partial charge in [0.1, 0.15) is 0 Å². The first-order chi connectivity index (χ1) is 8.51. The van der Waals surface area contributed by atoms with Crippen molar-refractivity contribution in [3.63, 3.8) is 0 Å². The van der Waals surface area contributed by atoms with Gasteiger partial charge < -0.3 is 5.11 Å². The van der Waals surface area contributed by atoms with Crippen LogP contribution in [0.3, 0.4) is 0 Å². The number of rotatable bonds is 5. The first-order valence-electron chi connectivity index (χ1n) is 5.86. The lowest BCUT2D eigenvalue weighted by atomic mass is 10.1. The predicted molar refractivity (Wildman–Crippen MR) is 76.2 cm³/mol. The quantitative estimate of drug-likeness (QED) is 0.636. The van der Waals surface area contributed by atoms with Gasteiger partial charge >= 0.3 is 0 Å². The fourth-order valence-corrected chi connectivity index (χ4v) is 1.67. The fraction of sp³-hybridized carbons (Fsp3) is 0.385. The maximum Gasteiger partial charge on any atom is 0.262 e. The van der Waals surface area contributed by atoms with E-state index in [2.05, 4.69) is 18.5 Å². The molecule has 18 heavy (non-hydrogen) atoms. The first-order valence-corrected chi connectivity index (χ1v) is 6.27. The maximum absolute atomic E-state index is 11.7. The van der Waals surface area contributed by atoms with Gasteiger partial charge in [0.15, 0.2) is 4.77 Å². The zero-order valence-corrected chi connectivity index (χ0v) is 11.5. The predicted octanol–water partition coefficient (Wildman–Crippen LogP) is 2.86. The Balaban J connectivity index is 3.32. The van der Waals surface area contributed by atoms with Crippen LogP contribution in [0, 0.1) is 10.7 Å². The van der Waals surface area contributed by atoms with Gasteiger partial charge in [0.05, 0.1) is 5.56 Å². The lowest BCUT2D eigenvalue weighted by Gasteiger charge is -2.09. The van der Waals surface area contributed by atoms with Crippen LogP contribution < -0.4 is 5.56 Å². The zero-order chi connectivity index (χ0) is 13.7. The molecule has 4 nitrogen and oxygen atoms in total. The molecule has 0 aliphatic heterocycles. The minimum absolute atomic E-state index is 0.122. The van der Waals surface area contributed by atoms with Crippen molar-refractivity contribution in [1.82, 2.24) is 9.55 Å². The highest BCUT2D eigenvalue weighted by Gasteiger charge is 2.09. The number of hydrogen-bond donors (Lipinski definition) is 2. The highest BCUT2D eigenvalue weighted by molar-refractivity contribution is 7.71. The van der Waals surface area contributed by atoms with Crippen LogP contribution in [0.1, 0.15) is 25.8 Å². The van der Waals surface area contributed by atoms with E-state index in [-0.39, 0.29) is 21.8 Å². The van der Waals surface area contributed by atoms with E-state index in [0.717, 1.165) is 6.42 Å². The molecule has 0 saturated carbocycles. The molecule has 0 fully saturated rings. The van der Waals surface area contributed by atoms with Crippen LogP contribution in [0.5, 0.6) is 5.88 Å². The van der Waals surface area contributed by atoms with Crippen molar-refractivity contribution in [2.24, 2.45) is 5.92 Å². The second-order valence-electron chi connectivity index (χ2n) is 4.14. The van der Waals surface area contributed by atoms with Crippen LogP contribution in [0.2, 0.25) is 0 Å². The molecule has 1 heterocycles. The van der Waals surface area contributed by atoms with Crippen LogP contribution in [0.4, 0.5) is 0 Å². The van der Waals surface area contributed by atoms with Crippen molar-refractivity contribution in [2.75, 3.05) is 0 Å². The molecule has 0 amide bonds. The number of allylic oxidation sites excluding steroid dienone is 2. The molecule has 5 heteroatoms. The molecular weight excluding hydrogens is 248 g/mol. The van der Waals surface area contributed by atoms with Crippen molar-refractivity contribution in [2.45, 2.75) is 26.8 Å². The number of H-pyrrole nitrogens is 1. The van der Waals surface area contributed by atoms with E-state index in [0.29, 0.717) is 12.5 Å². The van der Waals surface area contributed by atoms with Gasteiger partial charge in [0, 0.05) is 6.54 Å². The monoisotopic (exact) mass is 266 g/mol. The largest absolute Gasteiger partial charge is 0.494 e. The van der Waals surface area contributed by atoms with E-state index < -0.39 is 0 Å². The highest BCUT2D eigenvalue weighted by atomic mass is 32.1. The van der Waals surface area contributed by atoms with E-state index in [1.54, 1.807) is 12.2 Å². The smallest absolute Gasteiger partial charge is 0.262 e. The highest BCUT2D eigenvalue weighted by Crippen LogP contribution is 2.16. The molecule has 2 N–H and O–H groups in total. The Kier molecular flexibility index (Phi) is 5.09. The normalized spacial score (nSPS) is 12.8. The second kappa shape index (κ2) is 6.35. The van der Waals surface area contributed by atoms with Crippen LogP contribution in [0.15, 0.2) is 23.5 Å². The summed E-state index contributed by atoms with van der Waals surface area (Å²) in [6, 6.07) is 0. The van der Waals surface area contributed by atoms with E-state index in [9.17, 15) is 9.90 Å². The summed E-state index contributed by atoms with van der Waals surface area (Å²) in [5.41, 5.74) is -0.150. The lowest BCUT2D eigenvalue weighted by Crippen LogP contribution is -2.16. The molecule has 1 aromatic rings. The fourth-order valence-electron chi connectivity index (χ4n) is 1.42. The zero-order valence-electron chi connectivity index (χ0n) is 10.6. The Labute approximate surface area is 111 Å². The van der Waals surface area contributed by atoms with Gasteiger partial charge in [-0.2, -0.15) is 0 Å².